The summed E-state index contributed by atoms with van der Waals surface area (Å²) in [5.41, 5.74) is 1.32. The molecular formula is C18H20N2O3S. The minimum absolute atomic E-state index is 0.00467. The van der Waals surface area contributed by atoms with Gasteiger partial charge in [-0.05, 0) is 55.9 Å². The standard InChI is InChI=1S/C18H20N2O3S/c21-17(19-11-13-5-3-9-23-13)14-6-2-8-20(14)18(22)16-10-12-4-1-7-15(12)24-16/h3,5,9-10,14H,1-2,4,6-8,11H2,(H,19,21)/t14-/m1/s1. The van der Waals surface area contributed by atoms with E-state index in [0.29, 0.717) is 18.8 Å². The first-order chi connectivity index (χ1) is 11.7. The van der Waals surface area contributed by atoms with E-state index in [1.54, 1.807) is 28.6 Å². The Hall–Kier alpha value is -2.08. The number of thiophene rings is 1. The number of amides is 2. The quantitative estimate of drug-likeness (QED) is 0.928. The number of likely N-dealkylation sites (tertiary alicyclic amines) is 1. The van der Waals surface area contributed by atoms with Gasteiger partial charge in [0.1, 0.15) is 11.8 Å². The van der Waals surface area contributed by atoms with Crippen LogP contribution in [0.3, 0.4) is 0 Å². The minimum Gasteiger partial charge on any atom is -0.467 e. The summed E-state index contributed by atoms with van der Waals surface area (Å²) in [5, 5.41) is 2.88. The Balaban J connectivity index is 1.43. The summed E-state index contributed by atoms with van der Waals surface area (Å²) in [6.45, 7) is 1.01. The van der Waals surface area contributed by atoms with Gasteiger partial charge in [0.05, 0.1) is 17.7 Å². The third kappa shape index (κ3) is 2.86. The zero-order valence-electron chi connectivity index (χ0n) is 13.4. The fraction of sp³-hybridized carbons (Fsp3) is 0.444. The molecule has 0 unspecified atom stereocenters. The van der Waals surface area contributed by atoms with Crippen molar-refractivity contribution in [2.24, 2.45) is 0 Å². The SMILES string of the molecule is O=C(NCc1ccco1)[C@H]1CCCN1C(=O)c1cc2c(s1)CCC2. The lowest BCUT2D eigenvalue weighted by Gasteiger charge is -2.23. The van der Waals surface area contributed by atoms with Crippen molar-refractivity contribution in [3.05, 3.63) is 45.5 Å². The molecule has 24 heavy (non-hydrogen) atoms. The van der Waals surface area contributed by atoms with E-state index in [1.165, 1.54) is 16.9 Å². The lowest BCUT2D eigenvalue weighted by Crippen LogP contribution is -2.45. The van der Waals surface area contributed by atoms with E-state index in [-0.39, 0.29) is 17.9 Å². The number of hydrogen-bond donors (Lipinski definition) is 1. The van der Waals surface area contributed by atoms with Crippen molar-refractivity contribution >= 4 is 23.2 Å². The van der Waals surface area contributed by atoms with E-state index in [0.717, 1.165) is 30.6 Å². The lowest BCUT2D eigenvalue weighted by molar-refractivity contribution is -0.125. The molecule has 0 spiro atoms. The molecule has 1 atom stereocenters. The Kier molecular flexibility index (Phi) is 4.14. The number of rotatable bonds is 4. The predicted octanol–water partition coefficient (Wildman–Crippen LogP) is 2.75. The van der Waals surface area contributed by atoms with E-state index in [1.807, 2.05) is 12.1 Å². The topological polar surface area (TPSA) is 62.6 Å². The van der Waals surface area contributed by atoms with Gasteiger partial charge >= 0.3 is 0 Å². The number of nitrogens with zero attached hydrogens (tertiary/aromatic N) is 1. The molecule has 1 saturated heterocycles. The van der Waals surface area contributed by atoms with Crippen LogP contribution in [0.25, 0.3) is 0 Å². The van der Waals surface area contributed by atoms with Crippen LogP contribution >= 0.6 is 11.3 Å². The second-order valence-electron chi connectivity index (χ2n) is 6.37. The Bertz CT molecular complexity index is 729. The molecular weight excluding hydrogens is 324 g/mol. The highest BCUT2D eigenvalue weighted by Gasteiger charge is 2.35. The van der Waals surface area contributed by atoms with Crippen molar-refractivity contribution in [1.82, 2.24) is 10.2 Å². The second kappa shape index (κ2) is 6.43. The van der Waals surface area contributed by atoms with Gasteiger partial charge in [-0.15, -0.1) is 11.3 Å². The molecule has 2 amide bonds. The molecule has 1 aliphatic heterocycles. The number of hydrogen-bond acceptors (Lipinski definition) is 4. The van der Waals surface area contributed by atoms with Crippen LogP contribution in [-0.2, 0) is 24.2 Å². The van der Waals surface area contributed by atoms with E-state index in [9.17, 15) is 9.59 Å². The summed E-state index contributed by atoms with van der Waals surface area (Å²) in [4.78, 5) is 29.2. The number of fused-ring (bicyclic) bond motifs is 1. The molecule has 0 aromatic carbocycles. The van der Waals surface area contributed by atoms with Crippen LogP contribution in [0.5, 0.6) is 0 Å². The highest BCUT2D eigenvalue weighted by atomic mass is 32.1. The molecule has 0 radical (unpaired) electrons. The molecule has 3 heterocycles. The monoisotopic (exact) mass is 344 g/mol. The normalized spacial score (nSPS) is 19.5. The second-order valence-corrected chi connectivity index (χ2v) is 7.50. The molecule has 1 N–H and O–H groups in total. The maximum atomic E-state index is 12.8. The van der Waals surface area contributed by atoms with E-state index in [2.05, 4.69) is 5.32 Å². The highest BCUT2D eigenvalue weighted by Crippen LogP contribution is 2.32. The molecule has 126 valence electrons. The molecule has 2 aromatic heterocycles. The first-order valence-electron chi connectivity index (χ1n) is 8.45. The summed E-state index contributed by atoms with van der Waals surface area (Å²) in [5.74, 6) is 0.625. The van der Waals surface area contributed by atoms with Gasteiger partial charge in [0, 0.05) is 11.4 Å². The maximum absolute atomic E-state index is 12.8. The van der Waals surface area contributed by atoms with Crippen LogP contribution in [0.15, 0.2) is 28.9 Å². The zero-order chi connectivity index (χ0) is 16.5. The lowest BCUT2D eigenvalue weighted by atomic mass is 10.2. The minimum atomic E-state index is -0.371. The number of aryl methyl sites for hydroxylation is 2. The molecule has 0 bridgehead atoms. The molecule has 4 rings (SSSR count). The van der Waals surface area contributed by atoms with Gasteiger partial charge in [-0.25, -0.2) is 0 Å². The largest absolute Gasteiger partial charge is 0.467 e. The van der Waals surface area contributed by atoms with Gasteiger partial charge in [0.15, 0.2) is 0 Å². The molecule has 5 nitrogen and oxygen atoms in total. The third-order valence-corrected chi connectivity index (χ3v) is 6.02. The Labute approximate surface area is 144 Å². The summed E-state index contributed by atoms with van der Waals surface area (Å²) in [6.07, 6.45) is 6.53. The summed E-state index contributed by atoms with van der Waals surface area (Å²) < 4.78 is 5.23. The van der Waals surface area contributed by atoms with Crippen molar-refractivity contribution in [2.45, 2.75) is 44.7 Å². The number of carbonyl (C=O) groups excluding carboxylic acids is 2. The third-order valence-electron chi connectivity index (χ3n) is 4.79. The Morgan fingerprint density at radius 2 is 2.25 bits per heavy atom. The van der Waals surface area contributed by atoms with Gasteiger partial charge in [0.2, 0.25) is 5.91 Å². The smallest absolute Gasteiger partial charge is 0.264 e. The predicted molar refractivity (Wildman–Crippen MR) is 91.0 cm³/mol. The van der Waals surface area contributed by atoms with Crippen LogP contribution in [0, 0.1) is 0 Å². The van der Waals surface area contributed by atoms with Crippen molar-refractivity contribution in [3.63, 3.8) is 0 Å². The van der Waals surface area contributed by atoms with Gasteiger partial charge in [-0.3, -0.25) is 9.59 Å². The maximum Gasteiger partial charge on any atom is 0.264 e. The van der Waals surface area contributed by atoms with Gasteiger partial charge in [-0.1, -0.05) is 0 Å². The Morgan fingerprint density at radius 3 is 3.04 bits per heavy atom. The van der Waals surface area contributed by atoms with Crippen molar-refractivity contribution in [1.29, 1.82) is 0 Å². The van der Waals surface area contributed by atoms with Crippen molar-refractivity contribution < 1.29 is 14.0 Å². The molecule has 6 heteroatoms. The van der Waals surface area contributed by atoms with Crippen LogP contribution < -0.4 is 5.32 Å². The van der Waals surface area contributed by atoms with E-state index in [4.69, 9.17) is 4.42 Å². The van der Waals surface area contributed by atoms with Gasteiger partial charge in [0.25, 0.3) is 5.91 Å². The number of carbonyl (C=O) groups is 2. The van der Waals surface area contributed by atoms with Crippen LogP contribution in [-0.4, -0.2) is 29.3 Å². The molecule has 2 aliphatic rings. The summed E-state index contributed by atoms with van der Waals surface area (Å²) in [6, 6.07) is 5.28. The van der Waals surface area contributed by atoms with Gasteiger partial charge < -0.3 is 14.6 Å². The molecule has 0 saturated carbocycles. The average Bonchev–Trinajstić information content (AvgIpc) is 3.35. The fourth-order valence-electron chi connectivity index (χ4n) is 3.56. The zero-order valence-corrected chi connectivity index (χ0v) is 14.2. The summed E-state index contributed by atoms with van der Waals surface area (Å²) in [7, 11) is 0. The van der Waals surface area contributed by atoms with Crippen LogP contribution in [0.4, 0.5) is 0 Å². The first-order valence-corrected chi connectivity index (χ1v) is 9.26. The Morgan fingerprint density at radius 1 is 1.33 bits per heavy atom. The molecule has 2 aromatic rings. The van der Waals surface area contributed by atoms with E-state index >= 15 is 0 Å². The van der Waals surface area contributed by atoms with Gasteiger partial charge in [-0.2, -0.15) is 0 Å². The number of nitrogens with one attached hydrogen (secondary N) is 1. The van der Waals surface area contributed by atoms with Crippen LogP contribution in [0.1, 0.15) is 45.1 Å². The molecule has 1 aliphatic carbocycles. The first kappa shape index (κ1) is 15.4. The fourth-order valence-corrected chi connectivity index (χ4v) is 4.77. The van der Waals surface area contributed by atoms with Crippen LogP contribution in [0.2, 0.25) is 0 Å². The highest BCUT2D eigenvalue weighted by molar-refractivity contribution is 7.14. The average molecular weight is 344 g/mol. The number of furan rings is 1. The molecule has 1 fully saturated rings. The van der Waals surface area contributed by atoms with E-state index < -0.39 is 0 Å². The summed E-state index contributed by atoms with van der Waals surface area (Å²) >= 11 is 1.60. The van der Waals surface area contributed by atoms with Crippen molar-refractivity contribution in [3.8, 4) is 0 Å². The van der Waals surface area contributed by atoms with Crippen molar-refractivity contribution in [2.75, 3.05) is 6.54 Å².